The molecule has 92 valence electrons. The van der Waals surface area contributed by atoms with E-state index in [0.717, 1.165) is 0 Å². The molecule has 0 unspecified atom stereocenters. The Morgan fingerprint density at radius 2 is 1.94 bits per heavy atom. The van der Waals surface area contributed by atoms with Gasteiger partial charge in [0.05, 0.1) is 10.5 Å². The van der Waals surface area contributed by atoms with Crippen molar-refractivity contribution in [2.45, 2.75) is 30.8 Å². The SMILES string of the molecule is CC(C)(O)CC1=Cc2cccc(O)c2S1(=O)=O. The molecule has 2 rings (SSSR count). The fourth-order valence-corrected chi connectivity index (χ4v) is 3.77. The molecule has 0 fully saturated rings. The van der Waals surface area contributed by atoms with Gasteiger partial charge in [0, 0.05) is 6.42 Å². The van der Waals surface area contributed by atoms with Gasteiger partial charge in [-0.1, -0.05) is 12.1 Å². The Morgan fingerprint density at radius 1 is 1.29 bits per heavy atom. The number of sulfone groups is 1. The van der Waals surface area contributed by atoms with E-state index in [4.69, 9.17) is 0 Å². The molecule has 1 aromatic rings. The third-order valence-electron chi connectivity index (χ3n) is 2.56. The lowest BCUT2D eigenvalue weighted by molar-refractivity contribution is 0.0829. The van der Waals surface area contributed by atoms with Gasteiger partial charge in [0.15, 0.2) is 0 Å². The van der Waals surface area contributed by atoms with Crippen LogP contribution in [0.2, 0.25) is 0 Å². The Labute approximate surface area is 100 Å². The van der Waals surface area contributed by atoms with Crippen LogP contribution in [0.1, 0.15) is 25.8 Å². The van der Waals surface area contributed by atoms with E-state index >= 15 is 0 Å². The smallest absolute Gasteiger partial charge is 0.207 e. The fourth-order valence-electron chi connectivity index (χ4n) is 1.90. The van der Waals surface area contributed by atoms with Crippen molar-refractivity contribution < 1.29 is 18.6 Å². The van der Waals surface area contributed by atoms with Gasteiger partial charge in [-0.05, 0) is 31.6 Å². The van der Waals surface area contributed by atoms with Crippen molar-refractivity contribution in [1.29, 1.82) is 0 Å². The second-order valence-electron chi connectivity index (χ2n) is 4.80. The van der Waals surface area contributed by atoms with Crippen LogP contribution < -0.4 is 0 Å². The van der Waals surface area contributed by atoms with Crippen LogP contribution >= 0.6 is 0 Å². The molecule has 0 amide bonds. The van der Waals surface area contributed by atoms with E-state index in [9.17, 15) is 18.6 Å². The molecule has 0 saturated heterocycles. The predicted molar refractivity (Wildman–Crippen MR) is 64.2 cm³/mol. The summed E-state index contributed by atoms with van der Waals surface area (Å²) in [5.41, 5.74) is -0.624. The van der Waals surface area contributed by atoms with Crippen LogP contribution in [0, 0.1) is 0 Å². The molecule has 2 N–H and O–H groups in total. The maximum absolute atomic E-state index is 12.1. The lowest BCUT2D eigenvalue weighted by Gasteiger charge is -2.17. The molecule has 0 aromatic heterocycles. The Bertz CT molecular complexity index is 591. The second-order valence-corrected chi connectivity index (χ2v) is 6.74. The van der Waals surface area contributed by atoms with E-state index in [1.807, 2.05) is 0 Å². The molecular formula is C12H14O4S. The summed E-state index contributed by atoms with van der Waals surface area (Å²) >= 11 is 0. The van der Waals surface area contributed by atoms with Crippen molar-refractivity contribution in [2.75, 3.05) is 0 Å². The topological polar surface area (TPSA) is 74.6 Å². The van der Waals surface area contributed by atoms with Gasteiger partial charge in [-0.3, -0.25) is 0 Å². The van der Waals surface area contributed by atoms with Crippen LogP contribution in [0.15, 0.2) is 28.0 Å². The summed E-state index contributed by atoms with van der Waals surface area (Å²) in [6.07, 6.45) is 1.53. The van der Waals surface area contributed by atoms with Crippen LogP contribution in [0.5, 0.6) is 5.75 Å². The molecule has 0 atom stereocenters. The molecular weight excluding hydrogens is 240 g/mol. The number of rotatable bonds is 2. The third-order valence-corrected chi connectivity index (χ3v) is 4.50. The Kier molecular flexibility index (Phi) is 2.56. The van der Waals surface area contributed by atoms with E-state index in [0.29, 0.717) is 5.56 Å². The lowest BCUT2D eigenvalue weighted by atomic mass is 10.0. The van der Waals surface area contributed by atoms with Crippen molar-refractivity contribution in [1.82, 2.24) is 0 Å². The highest BCUT2D eigenvalue weighted by molar-refractivity contribution is 7.96. The molecule has 17 heavy (non-hydrogen) atoms. The van der Waals surface area contributed by atoms with Crippen molar-refractivity contribution in [3.05, 3.63) is 28.7 Å². The molecule has 1 aliphatic heterocycles. The number of hydrogen-bond donors (Lipinski definition) is 2. The van der Waals surface area contributed by atoms with Crippen LogP contribution in [-0.2, 0) is 9.84 Å². The van der Waals surface area contributed by atoms with Gasteiger partial charge < -0.3 is 10.2 Å². The lowest BCUT2D eigenvalue weighted by Crippen LogP contribution is -2.21. The molecule has 0 radical (unpaired) electrons. The van der Waals surface area contributed by atoms with Gasteiger partial charge >= 0.3 is 0 Å². The van der Waals surface area contributed by atoms with Crippen molar-refractivity contribution in [3.8, 4) is 5.75 Å². The Balaban J connectivity index is 2.54. The molecule has 0 aliphatic carbocycles. The van der Waals surface area contributed by atoms with Crippen LogP contribution in [0.25, 0.3) is 6.08 Å². The highest BCUT2D eigenvalue weighted by Crippen LogP contribution is 2.41. The number of fused-ring (bicyclic) bond motifs is 1. The third kappa shape index (κ3) is 2.08. The first-order valence-electron chi connectivity index (χ1n) is 5.22. The average Bonchev–Trinajstić information content (AvgIpc) is 2.37. The van der Waals surface area contributed by atoms with Gasteiger partial charge in [0.25, 0.3) is 0 Å². The second kappa shape index (κ2) is 3.58. The van der Waals surface area contributed by atoms with Crippen molar-refractivity contribution >= 4 is 15.9 Å². The number of phenols is 1. The van der Waals surface area contributed by atoms with Gasteiger partial charge in [0.2, 0.25) is 9.84 Å². The van der Waals surface area contributed by atoms with Crippen molar-refractivity contribution in [3.63, 3.8) is 0 Å². The van der Waals surface area contributed by atoms with E-state index in [-0.39, 0.29) is 22.0 Å². The first kappa shape index (κ1) is 12.1. The molecule has 4 nitrogen and oxygen atoms in total. The highest BCUT2D eigenvalue weighted by atomic mass is 32.2. The molecule has 0 saturated carbocycles. The number of hydrogen-bond acceptors (Lipinski definition) is 4. The Morgan fingerprint density at radius 3 is 2.47 bits per heavy atom. The number of aromatic hydroxyl groups is 1. The van der Waals surface area contributed by atoms with Gasteiger partial charge in [-0.2, -0.15) is 0 Å². The van der Waals surface area contributed by atoms with Gasteiger partial charge in [-0.15, -0.1) is 0 Å². The summed E-state index contributed by atoms with van der Waals surface area (Å²) in [5, 5.41) is 19.3. The average molecular weight is 254 g/mol. The van der Waals surface area contributed by atoms with Crippen LogP contribution in [-0.4, -0.2) is 24.2 Å². The first-order chi connectivity index (χ1) is 7.72. The summed E-state index contributed by atoms with van der Waals surface area (Å²) in [7, 11) is -3.66. The van der Waals surface area contributed by atoms with E-state index in [2.05, 4.69) is 0 Å². The predicted octanol–water partition coefficient (Wildman–Crippen LogP) is 1.68. The molecule has 0 bridgehead atoms. The largest absolute Gasteiger partial charge is 0.507 e. The van der Waals surface area contributed by atoms with E-state index in [1.165, 1.54) is 12.1 Å². The quantitative estimate of drug-likeness (QED) is 0.842. The molecule has 1 heterocycles. The molecule has 5 heteroatoms. The molecule has 1 aliphatic rings. The van der Waals surface area contributed by atoms with Crippen LogP contribution in [0.4, 0.5) is 0 Å². The summed E-state index contributed by atoms with van der Waals surface area (Å²) in [6.45, 7) is 3.10. The normalized spacial score (nSPS) is 17.7. The zero-order valence-corrected chi connectivity index (χ0v) is 10.5. The first-order valence-corrected chi connectivity index (χ1v) is 6.70. The zero-order valence-electron chi connectivity index (χ0n) is 9.64. The summed E-state index contributed by atoms with van der Waals surface area (Å²) in [5.74, 6) is -0.246. The summed E-state index contributed by atoms with van der Waals surface area (Å²) < 4.78 is 24.3. The number of benzene rings is 1. The minimum atomic E-state index is -3.66. The zero-order chi connectivity index (χ0) is 12.8. The maximum atomic E-state index is 12.1. The Hall–Kier alpha value is -1.33. The number of phenolic OH excluding ortho intramolecular Hbond substituents is 1. The molecule has 1 aromatic carbocycles. The fraction of sp³-hybridized carbons (Fsp3) is 0.333. The standard InChI is InChI=1S/C12H14O4S/c1-12(2,14)7-9-6-8-4-3-5-10(13)11(8)17(9,15)16/h3-6,13-14H,7H2,1-2H3. The van der Waals surface area contributed by atoms with E-state index in [1.54, 1.807) is 26.0 Å². The molecule has 0 spiro atoms. The highest BCUT2D eigenvalue weighted by Gasteiger charge is 2.34. The minimum Gasteiger partial charge on any atom is -0.507 e. The van der Waals surface area contributed by atoms with Crippen LogP contribution in [0.3, 0.4) is 0 Å². The van der Waals surface area contributed by atoms with E-state index < -0.39 is 15.4 Å². The summed E-state index contributed by atoms with van der Waals surface area (Å²) in [6, 6.07) is 4.56. The summed E-state index contributed by atoms with van der Waals surface area (Å²) in [4.78, 5) is 0.0840. The van der Waals surface area contributed by atoms with Crippen molar-refractivity contribution in [2.24, 2.45) is 0 Å². The monoisotopic (exact) mass is 254 g/mol. The van der Waals surface area contributed by atoms with Gasteiger partial charge in [0.1, 0.15) is 10.6 Å². The number of aliphatic hydroxyl groups is 1. The maximum Gasteiger partial charge on any atom is 0.207 e. The van der Waals surface area contributed by atoms with Gasteiger partial charge in [-0.25, -0.2) is 8.42 Å². The minimum absolute atomic E-state index is 0.0312.